The van der Waals surface area contributed by atoms with Crippen LogP contribution in [0.25, 0.3) is 5.52 Å². The minimum atomic E-state index is -0.333. The Morgan fingerprint density at radius 2 is 2.29 bits per heavy atom. The minimum Gasteiger partial charge on any atom is -0.465 e. The molecular formula is C10H8BrNO2. The van der Waals surface area contributed by atoms with E-state index in [4.69, 9.17) is 0 Å². The summed E-state index contributed by atoms with van der Waals surface area (Å²) in [5.41, 5.74) is 1.49. The van der Waals surface area contributed by atoms with Crippen LogP contribution in [0.4, 0.5) is 0 Å². The van der Waals surface area contributed by atoms with E-state index in [0.29, 0.717) is 5.56 Å². The summed E-state index contributed by atoms with van der Waals surface area (Å²) in [5, 5.41) is 0. The highest BCUT2D eigenvalue weighted by molar-refractivity contribution is 9.10. The first-order chi connectivity index (χ1) is 6.74. The van der Waals surface area contributed by atoms with Crippen molar-refractivity contribution in [2.24, 2.45) is 0 Å². The van der Waals surface area contributed by atoms with Gasteiger partial charge in [-0.15, -0.1) is 0 Å². The van der Waals surface area contributed by atoms with E-state index in [2.05, 4.69) is 20.7 Å². The Labute approximate surface area is 89.4 Å². The van der Waals surface area contributed by atoms with Crippen molar-refractivity contribution in [3.63, 3.8) is 0 Å². The summed E-state index contributed by atoms with van der Waals surface area (Å²) < 4.78 is 7.30. The summed E-state index contributed by atoms with van der Waals surface area (Å²) >= 11 is 3.37. The predicted molar refractivity (Wildman–Crippen MR) is 56.4 cm³/mol. The molecule has 0 fully saturated rings. The molecule has 0 unspecified atom stereocenters. The Kier molecular flexibility index (Phi) is 2.29. The van der Waals surface area contributed by atoms with Crippen molar-refractivity contribution in [3.05, 3.63) is 40.6 Å². The fraction of sp³-hybridized carbons (Fsp3) is 0.100. The van der Waals surface area contributed by atoms with Gasteiger partial charge in [0.2, 0.25) is 0 Å². The number of nitrogens with zero attached hydrogens (tertiary/aromatic N) is 1. The molecule has 0 amide bonds. The van der Waals surface area contributed by atoms with Crippen molar-refractivity contribution in [1.29, 1.82) is 0 Å². The maximum atomic E-state index is 11.3. The smallest absolute Gasteiger partial charge is 0.340 e. The number of hydrogen-bond acceptors (Lipinski definition) is 2. The summed E-state index contributed by atoms with van der Waals surface area (Å²) in [6.45, 7) is 0. The second-order valence-corrected chi connectivity index (χ2v) is 3.63. The lowest BCUT2D eigenvalue weighted by molar-refractivity contribution is 0.0600. The van der Waals surface area contributed by atoms with Crippen LogP contribution in [0.15, 0.2) is 35.1 Å². The van der Waals surface area contributed by atoms with Crippen LogP contribution in [0.2, 0.25) is 0 Å². The number of pyridine rings is 1. The maximum absolute atomic E-state index is 11.3. The van der Waals surface area contributed by atoms with Gasteiger partial charge in [-0.1, -0.05) is 6.07 Å². The fourth-order valence-electron chi connectivity index (χ4n) is 1.34. The molecule has 0 aliphatic carbocycles. The van der Waals surface area contributed by atoms with Crippen molar-refractivity contribution in [2.75, 3.05) is 7.11 Å². The molecule has 4 heteroatoms. The van der Waals surface area contributed by atoms with Crippen molar-refractivity contribution in [3.8, 4) is 0 Å². The summed E-state index contributed by atoms with van der Waals surface area (Å²) in [7, 11) is 1.37. The van der Waals surface area contributed by atoms with Gasteiger partial charge in [0.15, 0.2) is 0 Å². The quantitative estimate of drug-likeness (QED) is 0.732. The van der Waals surface area contributed by atoms with Crippen LogP contribution in [0.1, 0.15) is 10.4 Å². The highest BCUT2D eigenvalue weighted by Crippen LogP contribution is 2.25. The van der Waals surface area contributed by atoms with Gasteiger partial charge >= 0.3 is 5.97 Å². The van der Waals surface area contributed by atoms with Crippen LogP contribution in [0.5, 0.6) is 0 Å². The van der Waals surface area contributed by atoms with E-state index in [1.165, 1.54) is 7.11 Å². The zero-order valence-corrected chi connectivity index (χ0v) is 9.11. The van der Waals surface area contributed by atoms with Crippen LogP contribution < -0.4 is 0 Å². The molecule has 3 nitrogen and oxygen atoms in total. The number of aromatic nitrogens is 1. The molecule has 0 saturated carbocycles. The topological polar surface area (TPSA) is 30.7 Å². The number of halogens is 1. The largest absolute Gasteiger partial charge is 0.465 e. The van der Waals surface area contributed by atoms with Crippen molar-refractivity contribution in [1.82, 2.24) is 4.40 Å². The molecule has 2 aromatic rings. The molecule has 0 N–H and O–H groups in total. The Morgan fingerprint density at radius 3 is 2.93 bits per heavy atom. The number of methoxy groups -OCH3 is 1. The maximum Gasteiger partial charge on any atom is 0.340 e. The third-order valence-corrected chi connectivity index (χ3v) is 2.86. The molecule has 0 aliphatic heterocycles. The zero-order valence-electron chi connectivity index (χ0n) is 7.53. The van der Waals surface area contributed by atoms with Gasteiger partial charge in [-0.3, -0.25) is 0 Å². The Balaban J connectivity index is 2.68. The van der Waals surface area contributed by atoms with Gasteiger partial charge in [-0.2, -0.15) is 0 Å². The zero-order chi connectivity index (χ0) is 10.1. The molecular weight excluding hydrogens is 246 g/mol. The molecule has 2 heterocycles. The first-order valence-corrected chi connectivity index (χ1v) is 4.87. The van der Waals surface area contributed by atoms with Gasteiger partial charge in [0.25, 0.3) is 0 Å². The summed E-state index contributed by atoms with van der Waals surface area (Å²) in [4.78, 5) is 11.3. The predicted octanol–water partition coefficient (Wildman–Crippen LogP) is 2.49. The number of fused-ring (bicyclic) bond motifs is 1. The second-order valence-electron chi connectivity index (χ2n) is 2.84. The van der Waals surface area contributed by atoms with Gasteiger partial charge < -0.3 is 9.14 Å². The van der Waals surface area contributed by atoms with E-state index in [1.54, 1.807) is 6.20 Å². The normalized spacial score (nSPS) is 10.4. The molecule has 0 atom stereocenters. The minimum absolute atomic E-state index is 0.333. The average Bonchev–Trinajstić information content (AvgIpc) is 2.56. The summed E-state index contributed by atoms with van der Waals surface area (Å²) in [5.74, 6) is -0.333. The Hall–Kier alpha value is -1.29. The molecule has 0 aliphatic rings. The number of rotatable bonds is 1. The van der Waals surface area contributed by atoms with E-state index in [-0.39, 0.29) is 5.97 Å². The number of hydrogen-bond donors (Lipinski definition) is 0. The average molecular weight is 254 g/mol. The van der Waals surface area contributed by atoms with E-state index < -0.39 is 0 Å². The van der Waals surface area contributed by atoms with E-state index in [0.717, 1.165) is 9.99 Å². The highest BCUT2D eigenvalue weighted by atomic mass is 79.9. The number of carbonyl (C=O) groups excluding carboxylic acids is 1. The van der Waals surface area contributed by atoms with Crippen LogP contribution in [0.3, 0.4) is 0 Å². The van der Waals surface area contributed by atoms with Gasteiger partial charge in [0.05, 0.1) is 22.7 Å². The first-order valence-electron chi connectivity index (χ1n) is 4.07. The van der Waals surface area contributed by atoms with Crippen molar-refractivity contribution >= 4 is 27.4 Å². The lowest BCUT2D eigenvalue weighted by Gasteiger charge is -1.94. The van der Waals surface area contributed by atoms with E-state index in [1.807, 2.05) is 28.8 Å². The monoisotopic (exact) mass is 253 g/mol. The third-order valence-electron chi connectivity index (χ3n) is 2.02. The van der Waals surface area contributed by atoms with Crippen LogP contribution >= 0.6 is 15.9 Å². The molecule has 0 saturated heterocycles. The second kappa shape index (κ2) is 3.46. The molecule has 0 aromatic carbocycles. The molecule has 0 bridgehead atoms. The number of ether oxygens (including phenoxy) is 1. The third kappa shape index (κ3) is 1.32. The summed E-state index contributed by atoms with van der Waals surface area (Å²) in [6.07, 6.45) is 3.62. The molecule has 0 radical (unpaired) electrons. The van der Waals surface area contributed by atoms with Gasteiger partial charge in [-0.25, -0.2) is 4.79 Å². The lowest BCUT2D eigenvalue weighted by Crippen LogP contribution is -1.99. The van der Waals surface area contributed by atoms with Crippen LogP contribution in [0, 0.1) is 0 Å². The highest BCUT2D eigenvalue weighted by Gasteiger charge is 2.14. The van der Waals surface area contributed by atoms with Crippen LogP contribution in [-0.2, 0) is 4.74 Å². The van der Waals surface area contributed by atoms with Gasteiger partial charge in [0.1, 0.15) is 0 Å². The van der Waals surface area contributed by atoms with Gasteiger partial charge in [-0.05, 0) is 28.1 Å². The Bertz CT molecular complexity index is 490. The van der Waals surface area contributed by atoms with Gasteiger partial charge in [0, 0.05) is 12.4 Å². The molecule has 0 spiro atoms. The number of carbonyl (C=O) groups is 1. The van der Waals surface area contributed by atoms with Crippen molar-refractivity contribution in [2.45, 2.75) is 0 Å². The lowest BCUT2D eigenvalue weighted by atomic mass is 10.3. The van der Waals surface area contributed by atoms with Crippen LogP contribution in [-0.4, -0.2) is 17.5 Å². The first kappa shape index (κ1) is 9.27. The fourth-order valence-corrected chi connectivity index (χ4v) is 1.94. The number of esters is 1. The standard InChI is InChI=1S/C10H8BrNO2/c1-14-10(13)7-6-12-5-3-2-4-8(12)9(7)11/h2-6H,1H3. The van der Waals surface area contributed by atoms with E-state index in [9.17, 15) is 4.79 Å². The SMILES string of the molecule is COC(=O)c1cn2ccccc2c1Br. The molecule has 72 valence electrons. The molecule has 2 aromatic heterocycles. The van der Waals surface area contributed by atoms with Crippen molar-refractivity contribution < 1.29 is 9.53 Å². The molecule has 14 heavy (non-hydrogen) atoms. The van der Waals surface area contributed by atoms with E-state index >= 15 is 0 Å². The molecule has 2 rings (SSSR count). The Morgan fingerprint density at radius 1 is 1.50 bits per heavy atom. The summed E-state index contributed by atoms with van der Waals surface area (Å²) in [6, 6.07) is 5.75.